The fourth-order valence-electron chi connectivity index (χ4n) is 2.20. The molecule has 21 heavy (non-hydrogen) atoms. The molecule has 0 amide bonds. The van der Waals surface area contributed by atoms with Crippen LogP contribution in [0.2, 0.25) is 0 Å². The average molecular weight is 303 g/mol. The van der Waals surface area contributed by atoms with Crippen LogP contribution in [0.5, 0.6) is 5.75 Å². The summed E-state index contributed by atoms with van der Waals surface area (Å²) >= 11 is 1.79. The van der Waals surface area contributed by atoms with Crippen molar-refractivity contribution >= 4 is 11.3 Å². The van der Waals surface area contributed by atoms with Crippen LogP contribution >= 0.6 is 11.3 Å². The number of ether oxygens (including phenoxy) is 1. The summed E-state index contributed by atoms with van der Waals surface area (Å²) in [6, 6.07) is 10.7. The molecule has 0 bridgehead atoms. The summed E-state index contributed by atoms with van der Waals surface area (Å²) in [7, 11) is 0. The molecule has 0 unspecified atom stereocenters. The van der Waals surface area contributed by atoms with E-state index in [-0.39, 0.29) is 0 Å². The van der Waals surface area contributed by atoms with E-state index in [0.717, 1.165) is 31.9 Å². The van der Waals surface area contributed by atoms with E-state index in [9.17, 15) is 0 Å². The third-order valence-electron chi connectivity index (χ3n) is 3.27. The lowest BCUT2D eigenvalue weighted by molar-refractivity contribution is 0.318. The molecule has 1 aromatic carbocycles. The van der Waals surface area contributed by atoms with E-state index in [0.29, 0.717) is 5.92 Å². The highest BCUT2D eigenvalue weighted by molar-refractivity contribution is 7.09. The molecule has 1 N–H and O–H groups in total. The van der Waals surface area contributed by atoms with Crippen LogP contribution in [0.25, 0.3) is 0 Å². The topological polar surface area (TPSA) is 21.3 Å². The molecule has 1 heterocycles. The van der Waals surface area contributed by atoms with Gasteiger partial charge in [0, 0.05) is 23.4 Å². The Morgan fingerprint density at radius 3 is 2.81 bits per heavy atom. The zero-order valence-electron chi connectivity index (χ0n) is 13.2. The van der Waals surface area contributed by atoms with Crippen LogP contribution in [-0.2, 0) is 13.0 Å². The van der Waals surface area contributed by atoms with E-state index in [1.165, 1.54) is 16.0 Å². The Morgan fingerprint density at radius 2 is 2.10 bits per heavy atom. The Morgan fingerprint density at radius 1 is 1.24 bits per heavy atom. The zero-order valence-corrected chi connectivity index (χ0v) is 14.0. The molecule has 0 fully saturated rings. The molecule has 0 spiro atoms. The summed E-state index contributed by atoms with van der Waals surface area (Å²) in [6.45, 7) is 9.21. The number of thiophene rings is 1. The van der Waals surface area contributed by atoms with Crippen molar-refractivity contribution in [1.82, 2.24) is 5.32 Å². The third-order valence-corrected chi connectivity index (χ3v) is 4.21. The van der Waals surface area contributed by atoms with Crippen molar-refractivity contribution in [3.8, 4) is 5.75 Å². The molecule has 0 aliphatic carbocycles. The van der Waals surface area contributed by atoms with E-state index in [2.05, 4.69) is 61.8 Å². The first kappa shape index (κ1) is 16.1. The second kappa shape index (κ2) is 8.20. The minimum Gasteiger partial charge on any atom is -0.493 e. The van der Waals surface area contributed by atoms with Crippen LogP contribution < -0.4 is 10.1 Å². The molecular weight excluding hydrogens is 278 g/mol. The van der Waals surface area contributed by atoms with Gasteiger partial charge >= 0.3 is 0 Å². The standard InChI is InChI=1S/C18H25NOS/c1-14(2)12-19-13-16-11-15(3)6-7-18(16)20-9-8-17-5-4-10-21-17/h4-7,10-11,14,19H,8-9,12-13H2,1-3H3. The van der Waals surface area contributed by atoms with Crippen LogP contribution in [-0.4, -0.2) is 13.2 Å². The summed E-state index contributed by atoms with van der Waals surface area (Å²) in [5.41, 5.74) is 2.53. The van der Waals surface area contributed by atoms with Crippen LogP contribution in [0.4, 0.5) is 0 Å². The lowest BCUT2D eigenvalue weighted by Crippen LogP contribution is -2.19. The molecule has 3 heteroatoms. The molecule has 2 aromatic rings. The SMILES string of the molecule is Cc1ccc(OCCc2cccs2)c(CNCC(C)C)c1. The molecular formula is C18H25NOS. The van der Waals surface area contributed by atoms with Gasteiger partial charge in [-0.15, -0.1) is 11.3 Å². The van der Waals surface area contributed by atoms with Crippen molar-refractivity contribution in [2.45, 2.75) is 33.7 Å². The van der Waals surface area contributed by atoms with Gasteiger partial charge in [0.05, 0.1) is 6.61 Å². The number of nitrogens with one attached hydrogen (secondary N) is 1. The second-order valence-corrected chi connectivity index (χ2v) is 6.85. The van der Waals surface area contributed by atoms with Gasteiger partial charge in [-0.1, -0.05) is 37.6 Å². The van der Waals surface area contributed by atoms with Crippen molar-refractivity contribution in [2.75, 3.05) is 13.2 Å². The molecule has 1 aromatic heterocycles. The summed E-state index contributed by atoms with van der Waals surface area (Å²) in [6.07, 6.45) is 0.977. The predicted molar refractivity (Wildman–Crippen MR) is 91.2 cm³/mol. The summed E-state index contributed by atoms with van der Waals surface area (Å²) in [4.78, 5) is 1.38. The maximum Gasteiger partial charge on any atom is 0.123 e. The molecule has 2 rings (SSSR count). The molecule has 0 aliphatic rings. The van der Waals surface area contributed by atoms with E-state index >= 15 is 0 Å². The van der Waals surface area contributed by atoms with Crippen LogP contribution in [0, 0.1) is 12.8 Å². The van der Waals surface area contributed by atoms with E-state index < -0.39 is 0 Å². The second-order valence-electron chi connectivity index (χ2n) is 5.81. The van der Waals surface area contributed by atoms with Crippen LogP contribution in [0.1, 0.15) is 29.9 Å². The van der Waals surface area contributed by atoms with Crippen molar-refractivity contribution in [2.24, 2.45) is 5.92 Å². The highest BCUT2D eigenvalue weighted by atomic mass is 32.1. The number of rotatable bonds is 8. The zero-order chi connectivity index (χ0) is 15.1. The maximum atomic E-state index is 5.99. The number of aryl methyl sites for hydroxylation is 1. The molecule has 114 valence electrons. The lowest BCUT2D eigenvalue weighted by atomic mass is 10.1. The summed E-state index contributed by atoms with van der Waals surface area (Å²) in [5.74, 6) is 1.67. The smallest absolute Gasteiger partial charge is 0.123 e. The molecule has 0 saturated carbocycles. The molecule has 0 atom stereocenters. The summed E-state index contributed by atoms with van der Waals surface area (Å²) < 4.78 is 5.99. The Kier molecular flexibility index (Phi) is 6.27. The van der Waals surface area contributed by atoms with E-state index in [1.54, 1.807) is 11.3 Å². The Bertz CT molecular complexity index is 534. The van der Waals surface area contributed by atoms with Gasteiger partial charge in [0.2, 0.25) is 0 Å². The Hall–Kier alpha value is -1.32. The van der Waals surface area contributed by atoms with Gasteiger partial charge in [-0.3, -0.25) is 0 Å². The van der Waals surface area contributed by atoms with Gasteiger partial charge in [-0.05, 0) is 36.9 Å². The van der Waals surface area contributed by atoms with Crippen molar-refractivity contribution < 1.29 is 4.74 Å². The van der Waals surface area contributed by atoms with Crippen molar-refractivity contribution in [3.05, 3.63) is 51.7 Å². The van der Waals surface area contributed by atoms with Gasteiger partial charge in [0.1, 0.15) is 5.75 Å². The number of benzene rings is 1. The minimum absolute atomic E-state index is 0.665. The number of hydrogen-bond donors (Lipinski definition) is 1. The largest absolute Gasteiger partial charge is 0.493 e. The number of hydrogen-bond acceptors (Lipinski definition) is 3. The lowest BCUT2D eigenvalue weighted by Gasteiger charge is -2.14. The Labute approximate surface area is 132 Å². The fraction of sp³-hybridized carbons (Fsp3) is 0.444. The normalized spacial score (nSPS) is 11.0. The van der Waals surface area contributed by atoms with Gasteiger partial charge in [0.15, 0.2) is 0 Å². The van der Waals surface area contributed by atoms with Crippen molar-refractivity contribution in [1.29, 1.82) is 0 Å². The van der Waals surface area contributed by atoms with E-state index in [4.69, 9.17) is 4.74 Å². The first-order chi connectivity index (χ1) is 10.1. The van der Waals surface area contributed by atoms with Gasteiger partial charge in [-0.25, -0.2) is 0 Å². The fourth-order valence-corrected chi connectivity index (χ4v) is 2.89. The predicted octanol–water partition coefficient (Wildman–Crippen LogP) is 4.42. The first-order valence-corrected chi connectivity index (χ1v) is 8.48. The van der Waals surface area contributed by atoms with Crippen LogP contribution in [0.3, 0.4) is 0 Å². The first-order valence-electron chi connectivity index (χ1n) is 7.60. The van der Waals surface area contributed by atoms with Gasteiger partial charge < -0.3 is 10.1 Å². The molecule has 0 aliphatic heterocycles. The molecule has 2 nitrogen and oxygen atoms in total. The minimum atomic E-state index is 0.665. The highest BCUT2D eigenvalue weighted by Crippen LogP contribution is 2.21. The van der Waals surface area contributed by atoms with Gasteiger partial charge in [-0.2, -0.15) is 0 Å². The maximum absolute atomic E-state index is 5.99. The van der Waals surface area contributed by atoms with Crippen LogP contribution in [0.15, 0.2) is 35.7 Å². The van der Waals surface area contributed by atoms with E-state index in [1.807, 2.05) is 0 Å². The monoisotopic (exact) mass is 303 g/mol. The molecule has 0 saturated heterocycles. The average Bonchev–Trinajstić information content (AvgIpc) is 2.94. The summed E-state index contributed by atoms with van der Waals surface area (Å²) in [5, 5.41) is 5.61. The van der Waals surface area contributed by atoms with Crippen molar-refractivity contribution in [3.63, 3.8) is 0 Å². The highest BCUT2D eigenvalue weighted by Gasteiger charge is 2.05. The molecule has 0 radical (unpaired) electrons. The Balaban J connectivity index is 1.90. The van der Waals surface area contributed by atoms with Gasteiger partial charge in [0.25, 0.3) is 0 Å². The third kappa shape index (κ3) is 5.52. The quantitative estimate of drug-likeness (QED) is 0.779.